The monoisotopic (exact) mass is 157 g/mol. The molecule has 2 nitrogen and oxygen atoms in total. The van der Waals surface area contributed by atoms with Crippen LogP contribution in [0.5, 0.6) is 0 Å². The zero-order chi connectivity index (χ0) is 7.14. The highest BCUT2D eigenvalue weighted by Crippen LogP contribution is 2.28. The third kappa shape index (κ3) is 0.686. The van der Waals surface area contributed by atoms with Crippen molar-refractivity contribution in [3.8, 4) is 0 Å². The summed E-state index contributed by atoms with van der Waals surface area (Å²) in [4.78, 5) is 12.9. The maximum Gasteiger partial charge on any atom is 0.265 e. The van der Waals surface area contributed by atoms with E-state index in [0.29, 0.717) is 11.1 Å². The van der Waals surface area contributed by atoms with Gasteiger partial charge in [-0.15, -0.1) is 0 Å². The van der Waals surface area contributed by atoms with Gasteiger partial charge >= 0.3 is 0 Å². The number of hydrogen-bond donors (Lipinski definition) is 0. The fourth-order valence-electron chi connectivity index (χ4n) is 1.60. The first-order chi connectivity index (χ1) is 4.79. The molecule has 0 unspecified atom stereocenters. The van der Waals surface area contributed by atoms with Crippen LogP contribution in [0.4, 0.5) is 0 Å². The van der Waals surface area contributed by atoms with E-state index in [0.717, 1.165) is 19.4 Å². The van der Waals surface area contributed by atoms with Crippen LogP contribution in [-0.4, -0.2) is 23.4 Å². The van der Waals surface area contributed by atoms with Crippen molar-refractivity contribution in [2.24, 2.45) is 0 Å². The molecule has 2 aliphatic rings. The summed E-state index contributed by atoms with van der Waals surface area (Å²) in [5, 5.41) is 0.407. The molecule has 0 aromatic carbocycles. The molecule has 0 aromatic rings. The lowest BCUT2D eigenvalue weighted by atomic mass is 10.2. The molecule has 0 spiro atoms. The summed E-state index contributed by atoms with van der Waals surface area (Å²) in [7, 11) is 0. The number of hydrogen-bond acceptors (Lipinski definition) is 1. The second-order valence-corrected chi connectivity index (χ2v) is 3.13. The van der Waals surface area contributed by atoms with Crippen LogP contribution in [0.3, 0.4) is 0 Å². The summed E-state index contributed by atoms with van der Waals surface area (Å²) < 4.78 is 0. The first-order valence-corrected chi connectivity index (χ1v) is 3.85. The van der Waals surface area contributed by atoms with Gasteiger partial charge in [-0.2, -0.15) is 0 Å². The molecule has 0 radical (unpaired) electrons. The lowest BCUT2D eigenvalue weighted by Gasteiger charge is -2.13. The largest absolute Gasteiger partial charge is 0.331 e. The normalized spacial score (nSPS) is 30.9. The van der Waals surface area contributed by atoms with Crippen molar-refractivity contribution < 1.29 is 4.79 Å². The molecule has 54 valence electrons. The molecule has 3 heteroatoms. The summed E-state index contributed by atoms with van der Waals surface area (Å²) in [5.41, 5.74) is 0. The first kappa shape index (κ1) is 6.23. The van der Waals surface area contributed by atoms with Crippen LogP contribution in [0, 0.1) is 0 Å². The second kappa shape index (κ2) is 1.99. The molecule has 0 N–H and O–H groups in total. The van der Waals surface area contributed by atoms with Gasteiger partial charge in [0.05, 0.1) is 6.04 Å². The van der Waals surface area contributed by atoms with Gasteiger partial charge in [-0.1, -0.05) is 11.6 Å². The van der Waals surface area contributed by atoms with Crippen LogP contribution in [0.1, 0.15) is 12.8 Å². The molecule has 1 saturated heterocycles. The fraction of sp³-hybridized carbons (Fsp3) is 0.571. The smallest absolute Gasteiger partial charge is 0.265 e. The molecule has 0 bridgehead atoms. The Kier molecular flexibility index (Phi) is 1.24. The number of rotatable bonds is 0. The van der Waals surface area contributed by atoms with E-state index < -0.39 is 0 Å². The van der Waals surface area contributed by atoms with Crippen molar-refractivity contribution in [3.63, 3.8) is 0 Å². The number of amides is 1. The Labute approximate surface area is 64.5 Å². The summed E-state index contributed by atoms with van der Waals surface area (Å²) in [6, 6.07) is 0.319. The maximum absolute atomic E-state index is 11.1. The SMILES string of the molecule is O=C1C(Cl)=C[C@@H]2CCCN12. The van der Waals surface area contributed by atoms with Crippen LogP contribution in [0.15, 0.2) is 11.1 Å². The van der Waals surface area contributed by atoms with Crippen molar-refractivity contribution in [1.82, 2.24) is 4.90 Å². The Bertz CT molecular complexity index is 212. The summed E-state index contributed by atoms with van der Waals surface area (Å²) >= 11 is 5.63. The van der Waals surface area contributed by atoms with Crippen molar-refractivity contribution in [1.29, 1.82) is 0 Å². The Morgan fingerprint density at radius 2 is 2.50 bits per heavy atom. The average Bonchev–Trinajstić information content (AvgIpc) is 2.41. The topological polar surface area (TPSA) is 20.3 Å². The summed E-state index contributed by atoms with van der Waals surface area (Å²) in [6.45, 7) is 0.885. The van der Waals surface area contributed by atoms with Gasteiger partial charge in [0.15, 0.2) is 0 Å². The van der Waals surface area contributed by atoms with Crippen LogP contribution in [0.25, 0.3) is 0 Å². The van der Waals surface area contributed by atoms with Gasteiger partial charge in [0.1, 0.15) is 5.03 Å². The van der Waals surface area contributed by atoms with E-state index in [1.807, 2.05) is 11.0 Å². The molecule has 0 aliphatic carbocycles. The second-order valence-electron chi connectivity index (χ2n) is 2.72. The van der Waals surface area contributed by atoms with Gasteiger partial charge < -0.3 is 4.90 Å². The van der Waals surface area contributed by atoms with Crippen molar-refractivity contribution in [3.05, 3.63) is 11.1 Å². The van der Waals surface area contributed by atoms with Crippen LogP contribution in [-0.2, 0) is 4.79 Å². The van der Waals surface area contributed by atoms with Crippen LogP contribution < -0.4 is 0 Å². The lowest BCUT2D eigenvalue weighted by Crippen LogP contribution is -2.28. The molecule has 0 aromatic heterocycles. The maximum atomic E-state index is 11.1. The van der Waals surface area contributed by atoms with E-state index in [1.54, 1.807) is 0 Å². The predicted molar refractivity (Wildman–Crippen MR) is 38.7 cm³/mol. The number of fused-ring (bicyclic) bond motifs is 1. The zero-order valence-corrected chi connectivity index (χ0v) is 6.27. The van der Waals surface area contributed by atoms with Crippen LogP contribution >= 0.6 is 11.6 Å². The van der Waals surface area contributed by atoms with Crippen molar-refractivity contribution in [2.45, 2.75) is 18.9 Å². The highest BCUT2D eigenvalue weighted by atomic mass is 35.5. The third-order valence-corrected chi connectivity index (χ3v) is 2.39. The standard InChI is InChI=1S/C7H8ClNO/c8-6-4-5-2-1-3-9(5)7(6)10/h4-5H,1-3H2/t5-/m0/s1. The van der Waals surface area contributed by atoms with E-state index in [9.17, 15) is 4.79 Å². The molecular formula is C7H8ClNO. The highest BCUT2D eigenvalue weighted by Gasteiger charge is 2.34. The Morgan fingerprint density at radius 3 is 3.20 bits per heavy atom. The minimum absolute atomic E-state index is 0.0177. The molecule has 10 heavy (non-hydrogen) atoms. The quantitative estimate of drug-likeness (QED) is 0.516. The molecule has 2 aliphatic heterocycles. The van der Waals surface area contributed by atoms with Gasteiger partial charge in [0, 0.05) is 6.54 Å². The minimum atomic E-state index is 0.0177. The minimum Gasteiger partial charge on any atom is -0.331 e. The van der Waals surface area contributed by atoms with E-state index in [1.165, 1.54) is 0 Å². The Morgan fingerprint density at radius 1 is 1.70 bits per heavy atom. The molecular weight excluding hydrogens is 150 g/mol. The third-order valence-electron chi connectivity index (χ3n) is 2.10. The molecule has 2 heterocycles. The number of carbonyl (C=O) groups is 1. The van der Waals surface area contributed by atoms with E-state index in [-0.39, 0.29) is 5.91 Å². The molecule has 1 amide bonds. The van der Waals surface area contributed by atoms with Crippen LogP contribution in [0.2, 0.25) is 0 Å². The first-order valence-electron chi connectivity index (χ1n) is 3.47. The fourth-order valence-corrected chi connectivity index (χ4v) is 1.85. The summed E-state index contributed by atoms with van der Waals surface area (Å²) in [6.07, 6.45) is 4.07. The number of nitrogens with zero attached hydrogens (tertiary/aromatic N) is 1. The molecule has 0 saturated carbocycles. The number of carbonyl (C=O) groups excluding carboxylic acids is 1. The van der Waals surface area contributed by atoms with E-state index in [4.69, 9.17) is 11.6 Å². The summed E-state index contributed by atoms with van der Waals surface area (Å²) in [5.74, 6) is 0.0177. The molecule has 1 atom stereocenters. The van der Waals surface area contributed by atoms with Gasteiger partial charge in [0.25, 0.3) is 5.91 Å². The zero-order valence-electron chi connectivity index (χ0n) is 5.51. The van der Waals surface area contributed by atoms with Gasteiger partial charge in [-0.25, -0.2) is 0 Å². The van der Waals surface area contributed by atoms with Gasteiger partial charge in [-0.3, -0.25) is 4.79 Å². The average molecular weight is 158 g/mol. The van der Waals surface area contributed by atoms with Gasteiger partial charge in [0.2, 0.25) is 0 Å². The predicted octanol–water partition coefficient (Wildman–Crippen LogP) is 1.11. The Balaban J connectivity index is 2.28. The number of halogens is 1. The lowest BCUT2D eigenvalue weighted by molar-refractivity contribution is -0.125. The Hall–Kier alpha value is -0.500. The molecule has 1 fully saturated rings. The van der Waals surface area contributed by atoms with Crippen molar-refractivity contribution in [2.75, 3.05) is 6.54 Å². The highest BCUT2D eigenvalue weighted by molar-refractivity contribution is 6.42. The van der Waals surface area contributed by atoms with E-state index in [2.05, 4.69) is 0 Å². The van der Waals surface area contributed by atoms with Gasteiger partial charge in [-0.05, 0) is 18.9 Å². The molecule has 2 rings (SSSR count). The van der Waals surface area contributed by atoms with Crippen molar-refractivity contribution >= 4 is 17.5 Å². The van der Waals surface area contributed by atoms with E-state index >= 15 is 0 Å².